The molecule has 4 nitrogen and oxygen atoms in total. The lowest BCUT2D eigenvalue weighted by Crippen LogP contribution is -2.36. The van der Waals surface area contributed by atoms with Crippen molar-refractivity contribution in [2.45, 2.75) is 31.1 Å². The summed E-state index contributed by atoms with van der Waals surface area (Å²) < 4.78 is 32.9. The van der Waals surface area contributed by atoms with Crippen LogP contribution in [0.15, 0.2) is 47.4 Å². The van der Waals surface area contributed by atoms with Gasteiger partial charge in [0.15, 0.2) is 0 Å². The SMILES string of the molecule is COc1ccc(S(=O)(=O)NCC(C)(C)c2ccc(Cl)cc2)cc1C. The second kappa shape index (κ2) is 7.13. The molecule has 0 radical (unpaired) electrons. The third-order valence-electron chi connectivity index (χ3n) is 4.01. The molecule has 0 unspecified atom stereocenters. The average Bonchev–Trinajstić information content (AvgIpc) is 2.53. The Labute approximate surface area is 148 Å². The summed E-state index contributed by atoms with van der Waals surface area (Å²) in [4.78, 5) is 0.229. The number of hydrogen-bond acceptors (Lipinski definition) is 3. The normalized spacial score (nSPS) is 12.2. The Morgan fingerprint density at radius 1 is 1.12 bits per heavy atom. The van der Waals surface area contributed by atoms with E-state index in [4.69, 9.17) is 16.3 Å². The minimum absolute atomic E-state index is 0.229. The number of ether oxygens (including phenoxy) is 1. The monoisotopic (exact) mass is 367 g/mol. The molecule has 2 rings (SSSR count). The molecule has 1 N–H and O–H groups in total. The molecule has 0 aromatic heterocycles. The van der Waals surface area contributed by atoms with Crippen LogP contribution in [0.4, 0.5) is 0 Å². The number of methoxy groups -OCH3 is 1. The van der Waals surface area contributed by atoms with Gasteiger partial charge in [-0.2, -0.15) is 0 Å². The van der Waals surface area contributed by atoms with Crippen LogP contribution in [0.2, 0.25) is 5.02 Å². The Hall–Kier alpha value is -1.56. The fourth-order valence-corrected chi connectivity index (χ4v) is 3.80. The van der Waals surface area contributed by atoms with Crippen LogP contribution in [0.5, 0.6) is 5.75 Å². The molecule has 6 heteroatoms. The first-order valence-electron chi connectivity index (χ1n) is 7.56. The van der Waals surface area contributed by atoms with Crippen molar-refractivity contribution in [1.29, 1.82) is 0 Å². The molecule has 2 aromatic carbocycles. The second-order valence-corrected chi connectivity index (χ2v) is 8.55. The lowest BCUT2D eigenvalue weighted by atomic mass is 9.85. The summed E-state index contributed by atoms with van der Waals surface area (Å²) in [5, 5.41) is 0.656. The highest BCUT2D eigenvalue weighted by atomic mass is 35.5. The maximum atomic E-state index is 12.5. The number of benzene rings is 2. The Balaban J connectivity index is 2.17. The van der Waals surface area contributed by atoms with Gasteiger partial charge in [0, 0.05) is 17.0 Å². The van der Waals surface area contributed by atoms with Crippen molar-refractivity contribution in [3.05, 3.63) is 58.6 Å². The molecule has 0 amide bonds. The van der Waals surface area contributed by atoms with Crippen LogP contribution in [-0.4, -0.2) is 22.1 Å². The fraction of sp³-hybridized carbons (Fsp3) is 0.333. The maximum Gasteiger partial charge on any atom is 0.240 e. The summed E-state index contributed by atoms with van der Waals surface area (Å²) in [6.45, 7) is 6.06. The summed E-state index contributed by atoms with van der Waals surface area (Å²) in [7, 11) is -2.03. The topological polar surface area (TPSA) is 55.4 Å². The van der Waals surface area contributed by atoms with Gasteiger partial charge in [-0.3, -0.25) is 0 Å². The van der Waals surface area contributed by atoms with E-state index in [9.17, 15) is 8.42 Å². The number of aryl methyl sites for hydroxylation is 1. The van der Waals surface area contributed by atoms with Crippen molar-refractivity contribution in [3.63, 3.8) is 0 Å². The van der Waals surface area contributed by atoms with E-state index < -0.39 is 10.0 Å². The molecule has 24 heavy (non-hydrogen) atoms. The van der Waals surface area contributed by atoms with E-state index in [1.807, 2.05) is 32.9 Å². The van der Waals surface area contributed by atoms with Crippen LogP contribution in [0.1, 0.15) is 25.0 Å². The molecule has 130 valence electrons. The smallest absolute Gasteiger partial charge is 0.240 e. The van der Waals surface area contributed by atoms with Crippen molar-refractivity contribution in [2.24, 2.45) is 0 Å². The molecule has 0 bridgehead atoms. The lowest BCUT2D eigenvalue weighted by molar-refractivity contribution is 0.411. The molecule has 0 spiro atoms. The zero-order valence-electron chi connectivity index (χ0n) is 14.3. The van der Waals surface area contributed by atoms with Gasteiger partial charge in [0.1, 0.15) is 5.75 Å². The standard InChI is InChI=1S/C18H22ClNO3S/c1-13-11-16(9-10-17(13)23-4)24(21,22)20-12-18(2,3)14-5-7-15(19)8-6-14/h5-11,20H,12H2,1-4H3. The first-order valence-corrected chi connectivity index (χ1v) is 9.42. The number of halogens is 1. The highest BCUT2D eigenvalue weighted by molar-refractivity contribution is 7.89. The van der Waals surface area contributed by atoms with Crippen LogP contribution >= 0.6 is 11.6 Å². The summed E-state index contributed by atoms with van der Waals surface area (Å²) in [6.07, 6.45) is 0. The molecule has 0 atom stereocenters. The van der Waals surface area contributed by atoms with Gasteiger partial charge in [-0.1, -0.05) is 37.6 Å². The summed E-state index contributed by atoms with van der Waals surface area (Å²) in [5.41, 5.74) is 1.43. The van der Waals surface area contributed by atoms with Crippen LogP contribution in [-0.2, 0) is 15.4 Å². The second-order valence-electron chi connectivity index (χ2n) is 6.35. The van der Waals surface area contributed by atoms with Gasteiger partial charge >= 0.3 is 0 Å². The van der Waals surface area contributed by atoms with E-state index in [1.54, 1.807) is 37.4 Å². The van der Waals surface area contributed by atoms with Crippen molar-refractivity contribution in [1.82, 2.24) is 4.72 Å². The first-order chi connectivity index (χ1) is 11.2. The Morgan fingerprint density at radius 2 is 1.75 bits per heavy atom. The lowest BCUT2D eigenvalue weighted by Gasteiger charge is -2.25. The third kappa shape index (κ3) is 4.29. The van der Waals surface area contributed by atoms with Crippen LogP contribution in [0.25, 0.3) is 0 Å². The predicted octanol–water partition coefficient (Wildman–Crippen LogP) is 3.91. The van der Waals surface area contributed by atoms with Gasteiger partial charge in [-0.15, -0.1) is 0 Å². The molecule has 0 fully saturated rings. The largest absolute Gasteiger partial charge is 0.496 e. The molecule has 0 heterocycles. The number of rotatable bonds is 6. The average molecular weight is 368 g/mol. The van der Waals surface area contributed by atoms with Crippen molar-refractivity contribution >= 4 is 21.6 Å². The molecule has 0 saturated carbocycles. The van der Waals surface area contributed by atoms with Crippen molar-refractivity contribution < 1.29 is 13.2 Å². The van der Waals surface area contributed by atoms with E-state index in [0.717, 1.165) is 11.1 Å². The van der Waals surface area contributed by atoms with Gasteiger partial charge < -0.3 is 4.74 Å². The zero-order valence-corrected chi connectivity index (χ0v) is 15.8. The van der Waals surface area contributed by atoms with Crippen LogP contribution in [0.3, 0.4) is 0 Å². The molecular formula is C18H22ClNO3S. The van der Waals surface area contributed by atoms with Gasteiger partial charge in [0.05, 0.1) is 12.0 Å². The van der Waals surface area contributed by atoms with Gasteiger partial charge in [0.25, 0.3) is 0 Å². The predicted molar refractivity (Wildman–Crippen MR) is 97.4 cm³/mol. The van der Waals surface area contributed by atoms with Crippen molar-refractivity contribution in [2.75, 3.05) is 13.7 Å². The van der Waals surface area contributed by atoms with E-state index >= 15 is 0 Å². The highest BCUT2D eigenvalue weighted by Crippen LogP contribution is 2.25. The summed E-state index contributed by atoms with van der Waals surface area (Å²) in [6, 6.07) is 12.2. The molecule has 0 aliphatic heterocycles. The zero-order chi connectivity index (χ0) is 18.0. The Bertz CT molecular complexity index is 815. The highest BCUT2D eigenvalue weighted by Gasteiger charge is 2.24. The van der Waals surface area contributed by atoms with Gasteiger partial charge in [0.2, 0.25) is 10.0 Å². The number of hydrogen-bond donors (Lipinski definition) is 1. The van der Waals surface area contributed by atoms with Crippen LogP contribution in [0, 0.1) is 6.92 Å². The Morgan fingerprint density at radius 3 is 2.29 bits per heavy atom. The van der Waals surface area contributed by atoms with Gasteiger partial charge in [-0.25, -0.2) is 13.1 Å². The van der Waals surface area contributed by atoms with E-state index in [-0.39, 0.29) is 16.9 Å². The van der Waals surface area contributed by atoms with Crippen molar-refractivity contribution in [3.8, 4) is 5.75 Å². The quantitative estimate of drug-likeness (QED) is 0.842. The number of sulfonamides is 1. The summed E-state index contributed by atoms with van der Waals surface area (Å²) in [5.74, 6) is 0.662. The molecular weight excluding hydrogens is 346 g/mol. The van der Waals surface area contributed by atoms with Gasteiger partial charge in [-0.05, 0) is 48.4 Å². The maximum absolute atomic E-state index is 12.5. The minimum Gasteiger partial charge on any atom is -0.496 e. The third-order valence-corrected chi connectivity index (χ3v) is 5.66. The number of nitrogens with one attached hydrogen (secondary N) is 1. The minimum atomic E-state index is -3.59. The first kappa shape index (κ1) is 18.8. The molecule has 0 aliphatic carbocycles. The fourth-order valence-electron chi connectivity index (χ4n) is 2.38. The molecule has 0 saturated heterocycles. The van der Waals surface area contributed by atoms with E-state index in [1.165, 1.54) is 0 Å². The van der Waals surface area contributed by atoms with Crippen LogP contribution < -0.4 is 9.46 Å². The molecule has 0 aliphatic rings. The summed E-state index contributed by atoms with van der Waals surface area (Å²) >= 11 is 5.91. The van der Waals surface area contributed by atoms with E-state index in [0.29, 0.717) is 10.8 Å². The Kier molecular flexibility index (Phi) is 5.58. The van der Waals surface area contributed by atoms with E-state index in [2.05, 4.69) is 4.72 Å². The molecule has 2 aromatic rings.